The summed E-state index contributed by atoms with van der Waals surface area (Å²) in [5.74, 6) is 4.32. The molecule has 40 heavy (non-hydrogen) atoms. The van der Waals surface area contributed by atoms with Crippen LogP contribution in [0, 0.1) is 5.92 Å². The van der Waals surface area contributed by atoms with E-state index in [1.165, 1.54) is 5.56 Å². The van der Waals surface area contributed by atoms with Crippen LogP contribution in [0.4, 0.5) is 0 Å². The van der Waals surface area contributed by atoms with E-state index in [-0.39, 0.29) is 18.6 Å². The summed E-state index contributed by atoms with van der Waals surface area (Å²) in [4.78, 5) is 24.6. The molecule has 6 rings (SSSR count). The molecule has 4 heterocycles. The number of nitrogens with zero attached hydrogens (tertiary/aromatic N) is 5. The van der Waals surface area contributed by atoms with E-state index < -0.39 is 0 Å². The van der Waals surface area contributed by atoms with Crippen LogP contribution in [0.1, 0.15) is 24.3 Å². The van der Waals surface area contributed by atoms with Gasteiger partial charge >= 0.3 is 0 Å². The lowest BCUT2D eigenvalue weighted by Gasteiger charge is -2.38. The minimum atomic E-state index is 0.0710. The first-order valence-corrected chi connectivity index (χ1v) is 13.8. The number of methoxy groups -OCH3 is 2. The highest BCUT2D eigenvalue weighted by Crippen LogP contribution is 2.33. The van der Waals surface area contributed by atoms with Crippen molar-refractivity contribution >= 4 is 5.91 Å². The number of hydrogen-bond acceptors (Lipinski definition) is 10. The molecule has 2 aromatic carbocycles. The Hall–Kier alpha value is -3.83. The molecule has 3 aromatic rings. The van der Waals surface area contributed by atoms with E-state index in [9.17, 15) is 4.79 Å². The van der Waals surface area contributed by atoms with Crippen molar-refractivity contribution in [3.63, 3.8) is 0 Å². The van der Waals surface area contributed by atoms with Gasteiger partial charge in [0.1, 0.15) is 0 Å². The number of benzene rings is 2. The van der Waals surface area contributed by atoms with Gasteiger partial charge < -0.3 is 28.4 Å². The topological polar surface area (TPSA) is 103 Å². The van der Waals surface area contributed by atoms with Gasteiger partial charge in [-0.25, -0.2) is 0 Å². The summed E-state index contributed by atoms with van der Waals surface area (Å²) < 4.78 is 27.1. The number of carbonyl (C=O) groups excluding carboxylic acids is 1. The van der Waals surface area contributed by atoms with E-state index in [0.717, 1.165) is 75.7 Å². The average Bonchev–Trinajstić information content (AvgIpc) is 3.67. The van der Waals surface area contributed by atoms with Crippen LogP contribution in [0.15, 0.2) is 40.9 Å². The molecule has 1 aromatic heterocycles. The summed E-state index contributed by atoms with van der Waals surface area (Å²) in [5.41, 5.74) is 2.00. The number of ether oxygens (including phenoxy) is 4. The number of aromatic nitrogens is 2. The summed E-state index contributed by atoms with van der Waals surface area (Å²) in [5, 5.41) is 4.15. The van der Waals surface area contributed by atoms with Crippen LogP contribution in [-0.4, -0.2) is 91.0 Å². The molecule has 0 unspecified atom stereocenters. The van der Waals surface area contributed by atoms with E-state index in [1.807, 2.05) is 29.2 Å². The molecule has 11 heteroatoms. The average molecular weight is 550 g/mol. The minimum absolute atomic E-state index is 0.0710. The molecule has 2 fully saturated rings. The highest BCUT2D eigenvalue weighted by atomic mass is 16.7. The van der Waals surface area contributed by atoms with Crippen LogP contribution in [0.25, 0.3) is 11.4 Å². The second kappa shape index (κ2) is 11.7. The molecule has 3 aliphatic rings. The van der Waals surface area contributed by atoms with Crippen molar-refractivity contribution in [2.75, 3.05) is 60.3 Å². The van der Waals surface area contributed by atoms with Crippen LogP contribution in [0.2, 0.25) is 0 Å². The number of rotatable bonds is 8. The number of carbonyl (C=O) groups is 1. The van der Waals surface area contributed by atoms with Gasteiger partial charge in [-0.2, -0.15) is 4.98 Å². The molecule has 0 atom stereocenters. The third kappa shape index (κ3) is 5.71. The molecule has 2 saturated heterocycles. The van der Waals surface area contributed by atoms with Crippen molar-refractivity contribution in [2.45, 2.75) is 25.9 Å². The van der Waals surface area contributed by atoms with Crippen molar-refractivity contribution in [2.24, 2.45) is 5.92 Å². The van der Waals surface area contributed by atoms with Crippen molar-refractivity contribution in [3.05, 3.63) is 47.9 Å². The number of fused-ring (bicyclic) bond motifs is 1. The van der Waals surface area contributed by atoms with E-state index in [4.69, 9.17) is 23.5 Å². The van der Waals surface area contributed by atoms with Crippen molar-refractivity contribution in [3.8, 4) is 34.4 Å². The molecular formula is C29H35N5O6. The Morgan fingerprint density at radius 3 is 2.40 bits per heavy atom. The summed E-state index contributed by atoms with van der Waals surface area (Å²) in [6, 6.07) is 11.7. The van der Waals surface area contributed by atoms with Gasteiger partial charge in [0.05, 0.1) is 20.8 Å². The molecule has 0 spiro atoms. The standard InChI is InChI=1S/C29H35N5O6/c1-36-23-6-4-22(16-25(23)37-2)28-30-27(40-31-28)18-32-9-7-21(8-10-32)29(35)34-13-11-33(12-14-34)17-20-3-5-24-26(15-20)39-19-38-24/h3-6,15-16,21H,7-14,17-19H2,1-2H3. The second-order valence-corrected chi connectivity index (χ2v) is 10.4. The lowest BCUT2D eigenvalue weighted by atomic mass is 9.95. The van der Waals surface area contributed by atoms with Crippen LogP contribution in [0.3, 0.4) is 0 Å². The Balaban J connectivity index is 0.955. The predicted octanol–water partition coefficient (Wildman–Crippen LogP) is 3.04. The third-order valence-corrected chi connectivity index (χ3v) is 7.93. The number of amides is 1. The van der Waals surface area contributed by atoms with E-state index >= 15 is 0 Å². The van der Waals surface area contributed by atoms with E-state index in [0.29, 0.717) is 29.8 Å². The summed E-state index contributed by atoms with van der Waals surface area (Å²) >= 11 is 0. The van der Waals surface area contributed by atoms with Crippen LogP contribution < -0.4 is 18.9 Å². The Bertz CT molecular complexity index is 1330. The SMILES string of the molecule is COc1ccc(-c2noc(CN3CCC(C(=O)N4CCN(Cc5ccc6c(c5)OCO6)CC4)CC3)n2)cc1OC. The highest BCUT2D eigenvalue weighted by Gasteiger charge is 2.31. The second-order valence-electron chi connectivity index (χ2n) is 10.4. The predicted molar refractivity (Wildman–Crippen MR) is 145 cm³/mol. The van der Waals surface area contributed by atoms with Crippen LogP contribution in [0.5, 0.6) is 23.0 Å². The van der Waals surface area contributed by atoms with Gasteiger partial charge in [-0.3, -0.25) is 14.6 Å². The minimum Gasteiger partial charge on any atom is -0.493 e. The number of piperazine rings is 1. The van der Waals surface area contributed by atoms with E-state index in [1.54, 1.807) is 14.2 Å². The molecule has 0 N–H and O–H groups in total. The summed E-state index contributed by atoms with van der Waals surface area (Å²) in [7, 11) is 3.20. The fourth-order valence-electron chi connectivity index (χ4n) is 5.62. The molecule has 0 radical (unpaired) electrons. The fraction of sp³-hybridized carbons (Fsp3) is 0.483. The summed E-state index contributed by atoms with van der Waals surface area (Å²) in [6.45, 7) is 6.65. The van der Waals surface area contributed by atoms with Gasteiger partial charge in [-0.15, -0.1) is 0 Å². The molecular weight excluding hydrogens is 514 g/mol. The summed E-state index contributed by atoms with van der Waals surface area (Å²) in [6.07, 6.45) is 1.68. The lowest BCUT2D eigenvalue weighted by molar-refractivity contribution is -0.139. The monoisotopic (exact) mass is 549 g/mol. The van der Waals surface area contributed by atoms with Gasteiger partial charge in [0.25, 0.3) is 0 Å². The highest BCUT2D eigenvalue weighted by molar-refractivity contribution is 5.79. The lowest BCUT2D eigenvalue weighted by Crippen LogP contribution is -2.51. The quantitative estimate of drug-likeness (QED) is 0.417. The zero-order valence-electron chi connectivity index (χ0n) is 23.0. The first-order valence-electron chi connectivity index (χ1n) is 13.8. The molecule has 0 bridgehead atoms. The molecule has 3 aliphatic heterocycles. The molecule has 0 saturated carbocycles. The van der Waals surface area contributed by atoms with Crippen molar-refractivity contribution in [1.29, 1.82) is 0 Å². The van der Waals surface area contributed by atoms with Gasteiger partial charge in [0.2, 0.25) is 24.4 Å². The first kappa shape index (κ1) is 26.4. The molecule has 11 nitrogen and oxygen atoms in total. The van der Waals surface area contributed by atoms with Crippen LogP contribution >= 0.6 is 0 Å². The Labute approximate surface area is 233 Å². The van der Waals surface area contributed by atoms with Gasteiger partial charge in [0, 0.05) is 44.2 Å². The molecule has 0 aliphatic carbocycles. The zero-order valence-corrected chi connectivity index (χ0v) is 23.0. The van der Waals surface area contributed by atoms with Gasteiger partial charge in [0.15, 0.2) is 23.0 Å². The largest absolute Gasteiger partial charge is 0.493 e. The maximum atomic E-state index is 13.3. The Morgan fingerprint density at radius 2 is 1.62 bits per heavy atom. The smallest absolute Gasteiger partial charge is 0.241 e. The normalized spacial score (nSPS) is 18.2. The number of likely N-dealkylation sites (tertiary alicyclic amines) is 1. The van der Waals surface area contributed by atoms with Gasteiger partial charge in [-0.05, 0) is 61.8 Å². The number of hydrogen-bond donors (Lipinski definition) is 0. The third-order valence-electron chi connectivity index (χ3n) is 7.93. The Morgan fingerprint density at radius 1 is 0.875 bits per heavy atom. The Kier molecular flexibility index (Phi) is 7.74. The number of piperidine rings is 1. The van der Waals surface area contributed by atoms with Crippen LogP contribution in [-0.2, 0) is 17.9 Å². The van der Waals surface area contributed by atoms with Gasteiger partial charge in [-0.1, -0.05) is 11.2 Å². The van der Waals surface area contributed by atoms with Crippen molar-refractivity contribution in [1.82, 2.24) is 24.8 Å². The first-order chi connectivity index (χ1) is 19.6. The molecule has 1 amide bonds. The van der Waals surface area contributed by atoms with E-state index in [2.05, 4.69) is 32.1 Å². The van der Waals surface area contributed by atoms with Crippen molar-refractivity contribution < 1.29 is 28.3 Å². The zero-order chi connectivity index (χ0) is 27.5. The molecule has 212 valence electrons. The maximum absolute atomic E-state index is 13.3. The maximum Gasteiger partial charge on any atom is 0.241 e. The fourth-order valence-corrected chi connectivity index (χ4v) is 5.62.